The van der Waals surface area contributed by atoms with E-state index >= 15 is 0 Å². The van der Waals surface area contributed by atoms with Crippen LogP contribution in [0.5, 0.6) is 0 Å². The summed E-state index contributed by atoms with van der Waals surface area (Å²) in [7, 11) is 1.90. The first-order valence-corrected chi connectivity index (χ1v) is 5.85. The number of hydrogen-bond donors (Lipinski definition) is 1. The van der Waals surface area contributed by atoms with Crippen LogP contribution in [-0.4, -0.2) is 12.0 Å². The summed E-state index contributed by atoms with van der Waals surface area (Å²) in [5, 5.41) is 3.21. The third-order valence-electron chi connectivity index (χ3n) is 2.43. The summed E-state index contributed by atoms with van der Waals surface area (Å²) >= 11 is 3.30. The molecule has 16 heavy (non-hydrogen) atoms. The lowest BCUT2D eigenvalue weighted by atomic mass is 10.1. The molecule has 0 fully saturated rings. The highest BCUT2D eigenvalue weighted by atomic mass is 79.9. The van der Waals surface area contributed by atoms with Gasteiger partial charge >= 0.3 is 0 Å². The molecule has 0 spiro atoms. The molecule has 1 atom stereocenters. The minimum Gasteiger partial charge on any atom is -0.452 e. The largest absolute Gasteiger partial charge is 0.452 e. The summed E-state index contributed by atoms with van der Waals surface area (Å²) in [5.41, 5.74) is 2.11. The normalized spacial score (nSPS) is 12.7. The van der Waals surface area contributed by atoms with Crippen LogP contribution < -0.4 is 5.32 Å². The smallest absolute Gasteiger partial charge is 0.169 e. The molecule has 0 bridgehead atoms. The molecule has 0 aliphatic rings. The number of pyridine rings is 1. The molecule has 0 saturated heterocycles. The van der Waals surface area contributed by atoms with Crippen LogP contribution >= 0.6 is 15.9 Å². The van der Waals surface area contributed by atoms with Crippen LogP contribution in [0.1, 0.15) is 23.1 Å². The number of halogens is 1. The van der Waals surface area contributed by atoms with E-state index in [-0.39, 0.29) is 6.04 Å². The van der Waals surface area contributed by atoms with E-state index in [1.54, 1.807) is 0 Å². The molecule has 4 heteroatoms. The molecular formula is C12H13BrN2O. The Labute approximate surface area is 103 Å². The highest BCUT2D eigenvalue weighted by Gasteiger charge is 2.15. The highest BCUT2D eigenvalue weighted by Crippen LogP contribution is 2.25. The summed E-state index contributed by atoms with van der Waals surface area (Å²) in [6, 6.07) is 7.93. The molecule has 0 saturated carbocycles. The van der Waals surface area contributed by atoms with Crippen molar-refractivity contribution in [1.29, 1.82) is 0 Å². The molecular weight excluding hydrogens is 268 g/mol. The predicted octanol–water partition coefficient (Wildman–Crippen LogP) is 3.05. The van der Waals surface area contributed by atoms with Gasteiger partial charge in [0.2, 0.25) is 0 Å². The average molecular weight is 281 g/mol. The third-order valence-corrected chi connectivity index (χ3v) is 2.86. The zero-order valence-electron chi connectivity index (χ0n) is 9.20. The van der Waals surface area contributed by atoms with Crippen LogP contribution in [-0.2, 0) is 0 Å². The SMILES string of the molecule is CNC(c1ccc(C)nc1)c1ccc(Br)o1. The lowest BCUT2D eigenvalue weighted by molar-refractivity contribution is 0.446. The highest BCUT2D eigenvalue weighted by molar-refractivity contribution is 9.10. The van der Waals surface area contributed by atoms with E-state index in [1.807, 2.05) is 38.4 Å². The van der Waals surface area contributed by atoms with E-state index in [4.69, 9.17) is 4.42 Å². The van der Waals surface area contributed by atoms with E-state index < -0.39 is 0 Å². The van der Waals surface area contributed by atoms with Crippen LogP contribution in [0.4, 0.5) is 0 Å². The topological polar surface area (TPSA) is 38.1 Å². The van der Waals surface area contributed by atoms with Gasteiger partial charge in [0.15, 0.2) is 4.67 Å². The van der Waals surface area contributed by atoms with Gasteiger partial charge in [-0.05, 0) is 53.7 Å². The Morgan fingerprint density at radius 3 is 2.62 bits per heavy atom. The molecule has 2 rings (SSSR count). The van der Waals surface area contributed by atoms with Crippen molar-refractivity contribution in [2.75, 3.05) is 7.05 Å². The van der Waals surface area contributed by atoms with Gasteiger partial charge < -0.3 is 9.73 Å². The molecule has 2 aromatic rings. The maximum absolute atomic E-state index is 5.55. The van der Waals surface area contributed by atoms with Crippen molar-refractivity contribution >= 4 is 15.9 Å². The molecule has 84 valence electrons. The Hall–Kier alpha value is -1.13. The second-order valence-electron chi connectivity index (χ2n) is 3.60. The van der Waals surface area contributed by atoms with E-state index in [0.29, 0.717) is 0 Å². The third kappa shape index (κ3) is 2.33. The Bertz CT molecular complexity index is 464. The lowest BCUT2D eigenvalue weighted by Crippen LogP contribution is -2.17. The zero-order valence-corrected chi connectivity index (χ0v) is 10.8. The van der Waals surface area contributed by atoms with Crippen LogP contribution in [0.2, 0.25) is 0 Å². The maximum Gasteiger partial charge on any atom is 0.169 e. The Kier molecular flexibility index (Phi) is 3.41. The minimum atomic E-state index is 0.0411. The number of aryl methyl sites for hydroxylation is 1. The second kappa shape index (κ2) is 4.80. The van der Waals surface area contributed by atoms with Gasteiger partial charge in [0, 0.05) is 11.9 Å². The fourth-order valence-corrected chi connectivity index (χ4v) is 1.93. The van der Waals surface area contributed by atoms with E-state index in [2.05, 4.69) is 32.3 Å². The predicted molar refractivity (Wildman–Crippen MR) is 66.3 cm³/mol. The molecule has 1 unspecified atom stereocenters. The van der Waals surface area contributed by atoms with Gasteiger partial charge in [-0.2, -0.15) is 0 Å². The van der Waals surface area contributed by atoms with Crippen molar-refractivity contribution < 1.29 is 4.42 Å². The second-order valence-corrected chi connectivity index (χ2v) is 4.38. The van der Waals surface area contributed by atoms with Gasteiger partial charge in [-0.15, -0.1) is 0 Å². The van der Waals surface area contributed by atoms with Crippen molar-refractivity contribution in [3.05, 3.63) is 52.1 Å². The Morgan fingerprint density at radius 2 is 2.12 bits per heavy atom. The molecule has 0 aliphatic carbocycles. The number of nitrogens with zero attached hydrogens (tertiary/aromatic N) is 1. The minimum absolute atomic E-state index is 0.0411. The monoisotopic (exact) mass is 280 g/mol. The quantitative estimate of drug-likeness (QED) is 0.939. The van der Waals surface area contributed by atoms with Crippen molar-refractivity contribution in [2.45, 2.75) is 13.0 Å². The van der Waals surface area contributed by atoms with Crippen molar-refractivity contribution in [1.82, 2.24) is 10.3 Å². The van der Waals surface area contributed by atoms with E-state index in [9.17, 15) is 0 Å². The molecule has 0 radical (unpaired) electrons. The summed E-state index contributed by atoms with van der Waals surface area (Å²) in [6.07, 6.45) is 1.87. The number of aromatic nitrogens is 1. The summed E-state index contributed by atoms with van der Waals surface area (Å²) in [4.78, 5) is 4.29. The number of furan rings is 1. The van der Waals surface area contributed by atoms with Gasteiger partial charge in [-0.1, -0.05) is 6.07 Å². The zero-order chi connectivity index (χ0) is 11.5. The molecule has 2 aromatic heterocycles. The Morgan fingerprint density at radius 1 is 1.31 bits per heavy atom. The first kappa shape index (κ1) is 11.4. The van der Waals surface area contributed by atoms with Crippen LogP contribution in [0.15, 0.2) is 39.5 Å². The van der Waals surface area contributed by atoms with E-state index in [1.165, 1.54) is 0 Å². The maximum atomic E-state index is 5.55. The van der Waals surface area contributed by atoms with Gasteiger partial charge in [-0.3, -0.25) is 4.98 Å². The molecule has 1 N–H and O–H groups in total. The number of rotatable bonds is 3. The Balaban J connectivity index is 2.32. The molecule has 0 aliphatic heterocycles. The number of nitrogens with one attached hydrogen (secondary N) is 1. The first-order chi connectivity index (χ1) is 7.70. The number of hydrogen-bond acceptors (Lipinski definition) is 3. The fraction of sp³-hybridized carbons (Fsp3) is 0.250. The van der Waals surface area contributed by atoms with Crippen LogP contribution in [0.25, 0.3) is 0 Å². The standard InChI is InChI=1S/C12H13BrN2O/c1-8-3-4-9(7-15-8)12(14-2)10-5-6-11(13)16-10/h3-7,12,14H,1-2H3. The lowest BCUT2D eigenvalue weighted by Gasteiger charge is -2.13. The average Bonchev–Trinajstić information content (AvgIpc) is 2.69. The van der Waals surface area contributed by atoms with Gasteiger partial charge in [0.05, 0.1) is 6.04 Å². The van der Waals surface area contributed by atoms with Crippen molar-refractivity contribution in [3.8, 4) is 0 Å². The van der Waals surface area contributed by atoms with Gasteiger partial charge in [-0.25, -0.2) is 0 Å². The summed E-state index contributed by atoms with van der Waals surface area (Å²) in [6.45, 7) is 1.97. The van der Waals surface area contributed by atoms with Gasteiger partial charge in [0.1, 0.15) is 5.76 Å². The molecule has 3 nitrogen and oxygen atoms in total. The molecule has 0 amide bonds. The van der Waals surface area contributed by atoms with Crippen LogP contribution in [0, 0.1) is 6.92 Å². The van der Waals surface area contributed by atoms with Gasteiger partial charge in [0.25, 0.3) is 0 Å². The van der Waals surface area contributed by atoms with Crippen LogP contribution in [0.3, 0.4) is 0 Å². The van der Waals surface area contributed by atoms with Crippen molar-refractivity contribution in [3.63, 3.8) is 0 Å². The van der Waals surface area contributed by atoms with Crippen molar-refractivity contribution in [2.24, 2.45) is 0 Å². The summed E-state index contributed by atoms with van der Waals surface area (Å²) < 4.78 is 6.29. The molecule has 2 heterocycles. The molecule has 0 aromatic carbocycles. The first-order valence-electron chi connectivity index (χ1n) is 5.06. The summed E-state index contributed by atoms with van der Waals surface area (Å²) in [5.74, 6) is 0.875. The fourth-order valence-electron chi connectivity index (χ4n) is 1.61. The van der Waals surface area contributed by atoms with E-state index in [0.717, 1.165) is 21.7 Å².